The molecule has 0 unspecified atom stereocenters. The van der Waals surface area contributed by atoms with Crippen molar-refractivity contribution in [3.8, 4) is 0 Å². The van der Waals surface area contributed by atoms with Gasteiger partial charge in [0.2, 0.25) is 5.91 Å². The number of carbonyl (C=O) groups excluding carboxylic acids is 1. The number of hydrogen-bond acceptors (Lipinski definition) is 2. The van der Waals surface area contributed by atoms with E-state index in [4.69, 9.17) is 28.9 Å². The quantitative estimate of drug-likeness (QED) is 0.759. The van der Waals surface area contributed by atoms with Crippen molar-refractivity contribution < 1.29 is 4.79 Å². The number of hydrogen-bond donors (Lipinski definition) is 2. The molecule has 5 heteroatoms. The predicted molar refractivity (Wildman–Crippen MR) is 69.0 cm³/mol. The van der Waals surface area contributed by atoms with E-state index in [1.165, 1.54) is 6.07 Å². The van der Waals surface area contributed by atoms with Crippen LogP contribution in [0, 0.1) is 5.41 Å². The van der Waals surface area contributed by atoms with Crippen LogP contribution in [0.4, 0.5) is 11.4 Å². The largest absolute Gasteiger partial charge is 0.397 e. The summed E-state index contributed by atoms with van der Waals surface area (Å²) in [5, 5.41) is 3.45. The summed E-state index contributed by atoms with van der Waals surface area (Å²) < 4.78 is 0. The summed E-state index contributed by atoms with van der Waals surface area (Å²) in [7, 11) is 0. The monoisotopic (exact) mass is 260 g/mol. The molecule has 1 aromatic carbocycles. The standard InChI is InChI=1S/C11H14Cl2N2O/c1-11(2,3)10(16)15-9-5-6(12)8(14)4-7(9)13/h4-5H,14H2,1-3H3,(H,15,16). The zero-order valence-corrected chi connectivity index (χ0v) is 10.9. The van der Waals surface area contributed by atoms with Gasteiger partial charge in [-0.2, -0.15) is 0 Å². The highest BCUT2D eigenvalue weighted by Gasteiger charge is 2.22. The van der Waals surface area contributed by atoms with Crippen molar-refractivity contribution in [2.45, 2.75) is 20.8 Å². The SMILES string of the molecule is CC(C)(C)C(=O)Nc1cc(Cl)c(N)cc1Cl. The minimum absolute atomic E-state index is 0.129. The lowest BCUT2D eigenvalue weighted by Crippen LogP contribution is -2.27. The van der Waals surface area contributed by atoms with Crippen LogP contribution in [-0.4, -0.2) is 5.91 Å². The van der Waals surface area contributed by atoms with Gasteiger partial charge in [0.05, 0.1) is 21.4 Å². The van der Waals surface area contributed by atoms with Crippen LogP contribution in [0.3, 0.4) is 0 Å². The van der Waals surface area contributed by atoms with E-state index in [0.717, 1.165) is 0 Å². The zero-order chi connectivity index (χ0) is 12.5. The summed E-state index contributed by atoms with van der Waals surface area (Å²) in [6.45, 7) is 5.44. The Labute approximate surface area is 105 Å². The first-order valence-electron chi connectivity index (χ1n) is 4.78. The maximum absolute atomic E-state index is 11.7. The van der Waals surface area contributed by atoms with Crippen LogP contribution in [0.25, 0.3) is 0 Å². The van der Waals surface area contributed by atoms with Gasteiger partial charge in [0.1, 0.15) is 0 Å². The Morgan fingerprint density at radius 3 is 2.31 bits per heavy atom. The van der Waals surface area contributed by atoms with Crippen LogP contribution >= 0.6 is 23.2 Å². The predicted octanol–water partition coefficient (Wildman–Crippen LogP) is 3.56. The van der Waals surface area contributed by atoms with E-state index in [9.17, 15) is 4.79 Å². The molecule has 0 aliphatic heterocycles. The third-order valence-electron chi connectivity index (χ3n) is 2.02. The minimum atomic E-state index is -0.489. The van der Waals surface area contributed by atoms with E-state index >= 15 is 0 Å². The summed E-state index contributed by atoms with van der Waals surface area (Å²) in [6.07, 6.45) is 0. The van der Waals surface area contributed by atoms with Crippen LogP contribution < -0.4 is 11.1 Å². The number of nitrogen functional groups attached to an aromatic ring is 1. The van der Waals surface area contributed by atoms with Gasteiger partial charge in [-0.05, 0) is 12.1 Å². The molecule has 1 aromatic rings. The first-order chi connectivity index (χ1) is 7.21. The highest BCUT2D eigenvalue weighted by atomic mass is 35.5. The lowest BCUT2D eigenvalue weighted by Gasteiger charge is -2.18. The van der Waals surface area contributed by atoms with Crippen molar-refractivity contribution in [2.24, 2.45) is 5.41 Å². The van der Waals surface area contributed by atoms with Gasteiger partial charge < -0.3 is 11.1 Å². The lowest BCUT2D eigenvalue weighted by molar-refractivity contribution is -0.123. The highest BCUT2D eigenvalue weighted by Crippen LogP contribution is 2.31. The topological polar surface area (TPSA) is 55.1 Å². The van der Waals surface area contributed by atoms with Gasteiger partial charge in [0, 0.05) is 5.41 Å². The molecule has 1 amide bonds. The number of carbonyl (C=O) groups is 1. The number of nitrogens with one attached hydrogen (secondary N) is 1. The van der Waals surface area contributed by atoms with Crippen LogP contribution in [0.15, 0.2) is 12.1 Å². The smallest absolute Gasteiger partial charge is 0.229 e. The van der Waals surface area contributed by atoms with Crippen molar-refractivity contribution in [1.82, 2.24) is 0 Å². The fourth-order valence-corrected chi connectivity index (χ4v) is 1.35. The second kappa shape index (κ2) is 4.52. The van der Waals surface area contributed by atoms with Gasteiger partial charge in [-0.3, -0.25) is 4.79 Å². The van der Waals surface area contributed by atoms with E-state index in [1.54, 1.807) is 6.07 Å². The van der Waals surface area contributed by atoms with Crippen LogP contribution in [0.5, 0.6) is 0 Å². The molecule has 0 radical (unpaired) electrons. The molecule has 0 aromatic heterocycles. The maximum Gasteiger partial charge on any atom is 0.229 e. The average Bonchev–Trinajstić information content (AvgIpc) is 2.12. The Hall–Kier alpha value is -0.930. The van der Waals surface area contributed by atoms with E-state index in [0.29, 0.717) is 21.4 Å². The second-order valence-electron chi connectivity index (χ2n) is 4.56. The maximum atomic E-state index is 11.7. The average molecular weight is 261 g/mol. The molecule has 0 bridgehead atoms. The van der Waals surface area contributed by atoms with Gasteiger partial charge in [-0.15, -0.1) is 0 Å². The normalized spacial score (nSPS) is 11.3. The van der Waals surface area contributed by atoms with Gasteiger partial charge in [-0.25, -0.2) is 0 Å². The number of anilines is 2. The minimum Gasteiger partial charge on any atom is -0.397 e. The van der Waals surface area contributed by atoms with E-state index in [1.807, 2.05) is 20.8 Å². The Morgan fingerprint density at radius 1 is 1.25 bits per heavy atom. The molecule has 0 saturated heterocycles. The number of halogens is 2. The summed E-state index contributed by atoms with van der Waals surface area (Å²) in [4.78, 5) is 11.7. The zero-order valence-electron chi connectivity index (χ0n) is 9.40. The summed E-state index contributed by atoms with van der Waals surface area (Å²) in [6, 6.07) is 3.06. The fourth-order valence-electron chi connectivity index (χ4n) is 0.968. The Balaban J connectivity index is 2.99. The molecule has 3 nitrogen and oxygen atoms in total. The van der Waals surface area contributed by atoms with E-state index < -0.39 is 5.41 Å². The number of benzene rings is 1. The Morgan fingerprint density at radius 2 is 1.81 bits per heavy atom. The molecule has 0 fully saturated rings. The molecule has 16 heavy (non-hydrogen) atoms. The Bertz CT molecular complexity index is 425. The van der Waals surface area contributed by atoms with E-state index in [-0.39, 0.29) is 5.91 Å². The second-order valence-corrected chi connectivity index (χ2v) is 5.37. The van der Waals surface area contributed by atoms with E-state index in [2.05, 4.69) is 5.32 Å². The van der Waals surface area contributed by atoms with Crippen molar-refractivity contribution in [3.63, 3.8) is 0 Å². The molecule has 3 N–H and O–H groups in total. The summed E-state index contributed by atoms with van der Waals surface area (Å²) >= 11 is 11.8. The molecule has 0 aliphatic rings. The fraction of sp³-hybridized carbons (Fsp3) is 0.364. The number of nitrogens with two attached hydrogens (primary N) is 1. The van der Waals surface area contributed by atoms with Gasteiger partial charge >= 0.3 is 0 Å². The summed E-state index contributed by atoms with van der Waals surface area (Å²) in [5.41, 5.74) is 5.95. The van der Waals surface area contributed by atoms with Gasteiger partial charge in [0.15, 0.2) is 0 Å². The van der Waals surface area contributed by atoms with Crippen LogP contribution in [0.1, 0.15) is 20.8 Å². The van der Waals surface area contributed by atoms with Crippen molar-refractivity contribution in [3.05, 3.63) is 22.2 Å². The third kappa shape index (κ3) is 3.03. The molecular weight excluding hydrogens is 247 g/mol. The first kappa shape index (κ1) is 13.1. The van der Waals surface area contributed by atoms with Crippen LogP contribution in [-0.2, 0) is 4.79 Å². The molecular formula is C11H14Cl2N2O. The Kier molecular flexibility index (Phi) is 3.71. The van der Waals surface area contributed by atoms with Crippen LogP contribution in [0.2, 0.25) is 10.0 Å². The molecule has 0 saturated carbocycles. The van der Waals surface area contributed by atoms with Crippen molar-refractivity contribution in [1.29, 1.82) is 0 Å². The van der Waals surface area contributed by atoms with Gasteiger partial charge in [0.25, 0.3) is 0 Å². The van der Waals surface area contributed by atoms with Gasteiger partial charge in [-0.1, -0.05) is 44.0 Å². The molecule has 0 heterocycles. The highest BCUT2D eigenvalue weighted by molar-refractivity contribution is 6.37. The lowest BCUT2D eigenvalue weighted by atomic mass is 9.95. The third-order valence-corrected chi connectivity index (χ3v) is 2.66. The summed E-state index contributed by atoms with van der Waals surface area (Å²) in [5.74, 6) is -0.129. The molecule has 0 atom stereocenters. The molecule has 88 valence electrons. The molecule has 0 aliphatic carbocycles. The first-order valence-corrected chi connectivity index (χ1v) is 5.53. The van der Waals surface area contributed by atoms with Crippen molar-refractivity contribution in [2.75, 3.05) is 11.1 Å². The molecule has 1 rings (SSSR count). The molecule has 0 spiro atoms. The van der Waals surface area contributed by atoms with Crippen molar-refractivity contribution >= 4 is 40.5 Å². The number of rotatable bonds is 1. The number of amides is 1.